The summed E-state index contributed by atoms with van der Waals surface area (Å²) in [5.41, 5.74) is 2.29. The largest absolute Gasteiger partial charge is 0.495 e. The Morgan fingerprint density at radius 2 is 2.00 bits per heavy atom. The molecule has 124 valence electrons. The van der Waals surface area contributed by atoms with Crippen LogP contribution in [0.3, 0.4) is 0 Å². The molecule has 4 rings (SSSR count). The standard InChI is InChI=1S/C20H19BrO3/c1-23-19-11-18-16(10-17(19)21)15-9-13(22)7-8-14(15)20(24-18)12-5-3-2-4-6-12/h2-6,10-11,14-15,20H,7-9H2,1H3/t14-,15-,20+/m0/s1. The number of hydrogen-bond acceptors (Lipinski definition) is 3. The van der Waals surface area contributed by atoms with Gasteiger partial charge in [0.1, 0.15) is 23.4 Å². The molecule has 2 aliphatic rings. The molecule has 2 aromatic carbocycles. The van der Waals surface area contributed by atoms with Crippen LogP contribution in [0.4, 0.5) is 0 Å². The van der Waals surface area contributed by atoms with Gasteiger partial charge in [0, 0.05) is 30.7 Å². The minimum absolute atomic E-state index is 0.0114. The van der Waals surface area contributed by atoms with Crippen molar-refractivity contribution >= 4 is 21.7 Å². The zero-order chi connectivity index (χ0) is 16.7. The SMILES string of the molecule is COc1cc2c(cc1Br)[C@H]1CC(=O)CC[C@@H]1[C@@H](c1ccccc1)O2. The first-order valence-electron chi connectivity index (χ1n) is 8.28. The molecule has 4 heteroatoms. The summed E-state index contributed by atoms with van der Waals surface area (Å²) in [6.07, 6.45) is 2.12. The minimum atomic E-state index is -0.0114. The van der Waals surface area contributed by atoms with Crippen molar-refractivity contribution in [2.75, 3.05) is 7.11 Å². The molecule has 0 aromatic heterocycles. The Bertz CT molecular complexity index is 772. The average molecular weight is 387 g/mol. The molecule has 0 saturated heterocycles. The Kier molecular flexibility index (Phi) is 4.09. The predicted molar refractivity (Wildman–Crippen MR) is 95.6 cm³/mol. The normalized spacial score (nSPS) is 25.4. The lowest BCUT2D eigenvalue weighted by Crippen LogP contribution is -2.34. The van der Waals surface area contributed by atoms with Gasteiger partial charge in [-0.1, -0.05) is 30.3 Å². The number of rotatable bonds is 2. The lowest BCUT2D eigenvalue weighted by atomic mass is 9.69. The van der Waals surface area contributed by atoms with E-state index in [1.807, 2.05) is 24.3 Å². The summed E-state index contributed by atoms with van der Waals surface area (Å²) in [7, 11) is 1.65. The van der Waals surface area contributed by atoms with Gasteiger partial charge in [0.05, 0.1) is 11.6 Å². The van der Waals surface area contributed by atoms with Crippen LogP contribution in [0.15, 0.2) is 46.9 Å². The third-order valence-electron chi connectivity index (χ3n) is 5.18. The quantitative estimate of drug-likeness (QED) is 0.724. The van der Waals surface area contributed by atoms with E-state index in [9.17, 15) is 4.79 Å². The van der Waals surface area contributed by atoms with E-state index >= 15 is 0 Å². The molecule has 1 heterocycles. The van der Waals surface area contributed by atoms with Crippen LogP contribution in [0, 0.1) is 5.92 Å². The van der Waals surface area contributed by atoms with Crippen LogP contribution in [0.1, 0.15) is 42.4 Å². The Balaban J connectivity index is 1.82. The third-order valence-corrected chi connectivity index (χ3v) is 5.80. The highest BCUT2D eigenvalue weighted by atomic mass is 79.9. The summed E-state index contributed by atoms with van der Waals surface area (Å²) in [4.78, 5) is 12.1. The minimum Gasteiger partial charge on any atom is -0.495 e. The summed E-state index contributed by atoms with van der Waals surface area (Å²) in [5, 5.41) is 0. The molecule has 1 fully saturated rings. The molecule has 0 spiro atoms. The lowest BCUT2D eigenvalue weighted by Gasteiger charge is -2.42. The zero-order valence-electron chi connectivity index (χ0n) is 13.5. The van der Waals surface area contributed by atoms with Gasteiger partial charge in [0.15, 0.2) is 0 Å². The van der Waals surface area contributed by atoms with Crippen molar-refractivity contribution in [2.45, 2.75) is 31.3 Å². The van der Waals surface area contributed by atoms with Crippen molar-refractivity contribution in [1.29, 1.82) is 0 Å². The highest BCUT2D eigenvalue weighted by molar-refractivity contribution is 9.10. The number of Topliss-reactive ketones (excluding diaryl/α,β-unsaturated/α-hetero) is 1. The third kappa shape index (κ3) is 2.63. The van der Waals surface area contributed by atoms with Gasteiger partial charge in [-0.15, -0.1) is 0 Å². The molecule has 0 unspecified atom stereocenters. The van der Waals surface area contributed by atoms with E-state index in [1.165, 1.54) is 5.56 Å². The summed E-state index contributed by atoms with van der Waals surface area (Å²) in [6, 6.07) is 14.3. The fourth-order valence-electron chi connectivity index (χ4n) is 4.01. The second kappa shape index (κ2) is 6.25. The molecule has 1 aliphatic heterocycles. The van der Waals surface area contributed by atoms with E-state index in [1.54, 1.807) is 7.11 Å². The maximum Gasteiger partial charge on any atom is 0.136 e. The molecule has 3 nitrogen and oxygen atoms in total. The smallest absolute Gasteiger partial charge is 0.136 e. The molecular formula is C20H19BrO3. The highest BCUT2D eigenvalue weighted by Crippen LogP contribution is 2.53. The van der Waals surface area contributed by atoms with Crippen LogP contribution < -0.4 is 9.47 Å². The summed E-state index contributed by atoms with van der Waals surface area (Å²) >= 11 is 3.56. The molecule has 0 amide bonds. The second-order valence-electron chi connectivity index (χ2n) is 6.53. The Labute approximate surface area is 150 Å². The van der Waals surface area contributed by atoms with E-state index < -0.39 is 0 Å². The monoisotopic (exact) mass is 386 g/mol. The number of carbonyl (C=O) groups excluding carboxylic acids is 1. The van der Waals surface area contributed by atoms with Crippen LogP contribution in [-0.2, 0) is 4.79 Å². The van der Waals surface area contributed by atoms with Crippen LogP contribution in [-0.4, -0.2) is 12.9 Å². The molecule has 0 bridgehead atoms. The molecule has 24 heavy (non-hydrogen) atoms. The van der Waals surface area contributed by atoms with Crippen molar-refractivity contribution in [3.63, 3.8) is 0 Å². The van der Waals surface area contributed by atoms with Gasteiger partial charge in [0.25, 0.3) is 0 Å². The van der Waals surface area contributed by atoms with Gasteiger partial charge in [-0.25, -0.2) is 0 Å². The maximum absolute atomic E-state index is 12.1. The van der Waals surface area contributed by atoms with E-state index in [0.29, 0.717) is 24.5 Å². The number of halogens is 1. The second-order valence-corrected chi connectivity index (χ2v) is 7.38. The van der Waals surface area contributed by atoms with Gasteiger partial charge in [-0.2, -0.15) is 0 Å². The number of ketones is 1. The predicted octanol–water partition coefficient (Wildman–Crippen LogP) is 5.04. The van der Waals surface area contributed by atoms with Crippen molar-refractivity contribution in [3.8, 4) is 11.5 Å². The van der Waals surface area contributed by atoms with Crippen LogP contribution in [0.25, 0.3) is 0 Å². The topological polar surface area (TPSA) is 35.5 Å². The molecule has 3 atom stereocenters. The number of benzene rings is 2. The molecular weight excluding hydrogens is 368 g/mol. The number of hydrogen-bond donors (Lipinski definition) is 0. The molecule has 0 N–H and O–H groups in total. The summed E-state index contributed by atoms with van der Waals surface area (Å²) in [5.74, 6) is 2.48. The van der Waals surface area contributed by atoms with E-state index in [-0.39, 0.29) is 12.0 Å². The number of carbonyl (C=O) groups is 1. The molecule has 1 saturated carbocycles. The van der Waals surface area contributed by atoms with Crippen LogP contribution in [0.5, 0.6) is 11.5 Å². The Morgan fingerprint density at radius 1 is 1.21 bits per heavy atom. The maximum atomic E-state index is 12.1. The van der Waals surface area contributed by atoms with Crippen LogP contribution >= 0.6 is 15.9 Å². The van der Waals surface area contributed by atoms with Crippen molar-refractivity contribution in [3.05, 3.63) is 58.1 Å². The van der Waals surface area contributed by atoms with Gasteiger partial charge in [-0.3, -0.25) is 4.79 Å². The van der Waals surface area contributed by atoms with Gasteiger partial charge in [-0.05, 0) is 39.5 Å². The first-order chi connectivity index (χ1) is 11.7. The van der Waals surface area contributed by atoms with Crippen LogP contribution in [0.2, 0.25) is 0 Å². The molecule has 2 aromatic rings. The molecule has 1 aliphatic carbocycles. The molecule has 0 radical (unpaired) electrons. The lowest BCUT2D eigenvalue weighted by molar-refractivity contribution is -0.122. The average Bonchev–Trinajstić information content (AvgIpc) is 2.61. The summed E-state index contributed by atoms with van der Waals surface area (Å²) in [6.45, 7) is 0. The van der Waals surface area contributed by atoms with E-state index in [0.717, 1.165) is 28.0 Å². The fourth-order valence-corrected chi connectivity index (χ4v) is 4.53. The van der Waals surface area contributed by atoms with Crippen molar-refractivity contribution < 1.29 is 14.3 Å². The van der Waals surface area contributed by atoms with Gasteiger partial charge in [0.2, 0.25) is 0 Å². The first-order valence-corrected chi connectivity index (χ1v) is 9.07. The first kappa shape index (κ1) is 15.7. The Hall–Kier alpha value is -1.81. The fraction of sp³-hybridized carbons (Fsp3) is 0.350. The zero-order valence-corrected chi connectivity index (χ0v) is 15.1. The van der Waals surface area contributed by atoms with Crippen molar-refractivity contribution in [2.24, 2.45) is 5.92 Å². The summed E-state index contributed by atoms with van der Waals surface area (Å²) < 4.78 is 12.7. The van der Waals surface area contributed by atoms with E-state index in [2.05, 4.69) is 34.1 Å². The number of fused-ring (bicyclic) bond motifs is 3. The number of methoxy groups -OCH3 is 1. The highest BCUT2D eigenvalue weighted by Gasteiger charge is 2.42. The Morgan fingerprint density at radius 3 is 2.75 bits per heavy atom. The van der Waals surface area contributed by atoms with Gasteiger partial charge < -0.3 is 9.47 Å². The van der Waals surface area contributed by atoms with Gasteiger partial charge >= 0.3 is 0 Å². The van der Waals surface area contributed by atoms with E-state index in [4.69, 9.17) is 9.47 Å². The van der Waals surface area contributed by atoms with Crippen molar-refractivity contribution in [1.82, 2.24) is 0 Å². The number of ether oxygens (including phenoxy) is 2.